The van der Waals surface area contributed by atoms with Gasteiger partial charge >= 0.3 is 5.97 Å². The minimum atomic E-state index is -0.465. The van der Waals surface area contributed by atoms with Crippen molar-refractivity contribution < 1.29 is 18.7 Å². The van der Waals surface area contributed by atoms with Gasteiger partial charge in [0.05, 0.1) is 0 Å². The third-order valence-corrected chi connectivity index (χ3v) is 2.95. The summed E-state index contributed by atoms with van der Waals surface area (Å²) in [4.78, 5) is 23.2. The van der Waals surface area contributed by atoms with Crippen molar-refractivity contribution in [3.63, 3.8) is 0 Å². The number of carbonyl (C=O) groups excluding carboxylic acids is 2. The van der Waals surface area contributed by atoms with Crippen LogP contribution in [-0.2, 0) is 20.7 Å². The van der Waals surface area contributed by atoms with Crippen LogP contribution in [0.1, 0.15) is 12.0 Å². The monoisotopic (exact) mass is 301 g/mol. The molecule has 0 aliphatic carbocycles. The van der Waals surface area contributed by atoms with Crippen molar-refractivity contribution in [2.75, 3.05) is 11.9 Å². The molecule has 0 aliphatic rings. The molecule has 2 rings (SSSR count). The van der Waals surface area contributed by atoms with Crippen molar-refractivity contribution >= 4 is 17.6 Å². The first-order chi connectivity index (χ1) is 10.6. The first-order valence-corrected chi connectivity index (χ1v) is 6.88. The second-order valence-corrected chi connectivity index (χ2v) is 4.70. The topological polar surface area (TPSA) is 55.4 Å². The standard InChI is InChI=1S/C17H16FNO3/c18-14-9-6-13(7-10-14)8-11-17(21)22-12-16(20)19-15-4-2-1-3-5-15/h1-7,9-10H,8,11-12H2,(H,19,20). The molecule has 0 atom stereocenters. The van der Waals surface area contributed by atoms with Crippen molar-refractivity contribution in [3.05, 3.63) is 66.0 Å². The van der Waals surface area contributed by atoms with E-state index in [0.29, 0.717) is 12.1 Å². The maximum absolute atomic E-state index is 12.7. The molecule has 0 aromatic heterocycles. The summed E-state index contributed by atoms with van der Waals surface area (Å²) in [6, 6.07) is 14.8. The zero-order valence-corrected chi connectivity index (χ0v) is 11.9. The van der Waals surface area contributed by atoms with Crippen molar-refractivity contribution in [1.29, 1.82) is 0 Å². The number of nitrogens with one attached hydrogen (secondary N) is 1. The molecule has 5 heteroatoms. The van der Waals surface area contributed by atoms with Crippen LogP contribution in [0.5, 0.6) is 0 Å². The third-order valence-electron chi connectivity index (χ3n) is 2.95. The van der Waals surface area contributed by atoms with E-state index in [2.05, 4.69) is 5.32 Å². The molecule has 0 fully saturated rings. The van der Waals surface area contributed by atoms with E-state index in [4.69, 9.17) is 4.74 Å². The molecular weight excluding hydrogens is 285 g/mol. The molecular formula is C17H16FNO3. The molecule has 0 unspecified atom stereocenters. The van der Waals surface area contributed by atoms with E-state index in [1.165, 1.54) is 12.1 Å². The van der Waals surface area contributed by atoms with E-state index in [9.17, 15) is 14.0 Å². The van der Waals surface area contributed by atoms with Crippen molar-refractivity contribution in [3.8, 4) is 0 Å². The number of benzene rings is 2. The van der Waals surface area contributed by atoms with Gasteiger partial charge in [-0.15, -0.1) is 0 Å². The average molecular weight is 301 g/mol. The van der Waals surface area contributed by atoms with Crippen LogP contribution >= 0.6 is 0 Å². The largest absolute Gasteiger partial charge is 0.456 e. The maximum atomic E-state index is 12.7. The number of anilines is 1. The minimum Gasteiger partial charge on any atom is -0.456 e. The van der Waals surface area contributed by atoms with Crippen molar-refractivity contribution in [1.82, 2.24) is 0 Å². The summed E-state index contributed by atoms with van der Waals surface area (Å²) in [5.41, 5.74) is 1.49. The third kappa shape index (κ3) is 5.36. The molecule has 0 bridgehead atoms. The number of amides is 1. The van der Waals surface area contributed by atoms with Gasteiger partial charge in [-0.05, 0) is 36.2 Å². The van der Waals surface area contributed by atoms with Crippen molar-refractivity contribution in [2.45, 2.75) is 12.8 Å². The summed E-state index contributed by atoms with van der Waals surface area (Å²) < 4.78 is 17.6. The molecule has 2 aromatic carbocycles. The van der Waals surface area contributed by atoms with Gasteiger partial charge in [-0.25, -0.2) is 4.39 Å². The lowest BCUT2D eigenvalue weighted by Crippen LogP contribution is -2.20. The highest BCUT2D eigenvalue weighted by Crippen LogP contribution is 2.07. The highest BCUT2D eigenvalue weighted by Gasteiger charge is 2.08. The smallest absolute Gasteiger partial charge is 0.306 e. The molecule has 0 heterocycles. The summed E-state index contributed by atoms with van der Waals surface area (Å²) in [5, 5.41) is 2.62. The van der Waals surface area contributed by atoms with Crippen molar-refractivity contribution in [2.24, 2.45) is 0 Å². The minimum absolute atomic E-state index is 0.143. The lowest BCUT2D eigenvalue weighted by molar-refractivity contribution is -0.147. The Labute approximate surface area is 127 Å². The first kappa shape index (κ1) is 15.7. The second-order valence-electron chi connectivity index (χ2n) is 4.70. The van der Waals surface area contributed by atoms with Crippen LogP contribution in [0.15, 0.2) is 54.6 Å². The van der Waals surface area contributed by atoms with Gasteiger partial charge in [0.15, 0.2) is 6.61 Å². The fourth-order valence-corrected chi connectivity index (χ4v) is 1.83. The number of carbonyl (C=O) groups is 2. The van der Waals surface area contributed by atoms with Gasteiger partial charge in [0.1, 0.15) is 5.82 Å². The summed E-state index contributed by atoms with van der Waals surface area (Å²) >= 11 is 0. The number of halogens is 1. The number of ether oxygens (including phenoxy) is 1. The Morgan fingerprint density at radius 1 is 1.00 bits per heavy atom. The Kier molecular flexibility index (Phi) is 5.65. The van der Waals surface area contributed by atoms with E-state index >= 15 is 0 Å². The van der Waals surface area contributed by atoms with Gasteiger partial charge in [0, 0.05) is 12.1 Å². The molecule has 1 N–H and O–H groups in total. The number of hydrogen-bond acceptors (Lipinski definition) is 3. The lowest BCUT2D eigenvalue weighted by atomic mass is 10.1. The van der Waals surface area contributed by atoms with Gasteiger partial charge in [0.2, 0.25) is 0 Å². The number of aryl methyl sites for hydroxylation is 1. The van der Waals surface area contributed by atoms with Crippen LogP contribution in [0.25, 0.3) is 0 Å². The van der Waals surface area contributed by atoms with Gasteiger partial charge in [-0.2, -0.15) is 0 Å². The van der Waals surface area contributed by atoms with Gasteiger partial charge in [-0.1, -0.05) is 30.3 Å². The van der Waals surface area contributed by atoms with E-state index in [-0.39, 0.29) is 24.8 Å². The molecule has 0 spiro atoms. The Balaban J connectivity index is 1.69. The van der Waals surface area contributed by atoms with Gasteiger partial charge < -0.3 is 10.1 Å². The predicted molar refractivity (Wildman–Crippen MR) is 80.8 cm³/mol. The number of para-hydroxylation sites is 1. The molecule has 2 aromatic rings. The number of hydrogen-bond donors (Lipinski definition) is 1. The summed E-state index contributed by atoms with van der Waals surface area (Å²) in [7, 11) is 0. The summed E-state index contributed by atoms with van der Waals surface area (Å²) in [6.07, 6.45) is 0.587. The first-order valence-electron chi connectivity index (χ1n) is 6.88. The maximum Gasteiger partial charge on any atom is 0.306 e. The van der Waals surface area contributed by atoms with E-state index in [1.54, 1.807) is 36.4 Å². The molecule has 22 heavy (non-hydrogen) atoms. The highest BCUT2D eigenvalue weighted by molar-refractivity contribution is 5.92. The van der Waals surface area contributed by atoms with Crippen LogP contribution in [-0.4, -0.2) is 18.5 Å². The van der Waals surface area contributed by atoms with Crippen LogP contribution in [0.2, 0.25) is 0 Å². The molecule has 4 nitrogen and oxygen atoms in total. The molecule has 0 radical (unpaired) electrons. The summed E-state index contributed by atoms with van der Waals surface area (Å²) in [5.74, 6) is -1.17. The Morgan fingerprint density at radius 2 is 1.68 bits per heavy atom. The fourth-order valence-electron chi connectivity index (χ4n) is 1.83. The molecule has 0 saturated heterocycles. The molecule has 0 aliphatic heterocycles. The zero-order valence-electron chi connectivity index (χ0n) is 11.9. The average Bonchev–Trinajstić information content (AvgIpc) is 2.53. The van der Waals surface area contributed by atoms with Crippen LogP contribution in [0.4, 0.5) is 10.1 Å². The van der Waals surface area contributed by atoms with E-state index in [0.717, 1.165) is 5.56 Å². The molecule has 1 amide bonds. The normalized spacial score (nSPS) is 10.0. The fraction of sp³-hybridized carbons (Fsp3) is 0.176. The lowest BCUT2D eigenvalue weighted by Gasteiger charge is -2.06. The number of esters is 1. The highest BCUT2D eigenvalue weighted by atomic mass is 19.1. The van der Waals surface area contributed by atoms with Crippen LogP contribution in [0, 0.1) is 5.82 Å². The molecule has 114 valence electrons. The predicted octanol–water partition coefficient (Wildman–Crippen LogP) is 2.94. The SMILES string of the molecule is O=C(COC(=O)CCc1ccc(F)cc1)Nc1ccccc1. The van der Waals surface area contributed by atoms with E-state index < -0.39 is 5.97 Å². The van der Waals surface area contributed by atoms with E-state index in [1.807, 2.05) is 6.07 Å². The quantitative estimate of drug-likeness (QED) is 0.835. The Morgan fingerprint density at radius 3 is 2.36 bits per heavy atom. The number of rotatable bonds is 6. The molecule has 0 saturated carbocycles. The second kappa shape index (κ2) is 7.93. The van der Waals surface area contributed by atoms with Crippen LogP contribution < -0.4 is 5.32 Å². The Hall–Kier alpha value is -2.69. The Bertz CT molecular complexity index is 626. The zero-order chi connectivity index (χ0) is 15.8. The van der Waals surface area contributed by atoms with Gasteiger partial charge in [-0.3, -0.25) is 9.59 Å². The van der Waals surface area contributed by atoms with Gasteiger partial charge in [0.25, 0.3) is 5.91 Å². The summed E-state index contributed by atoms with van der Waals surface area (Å²) in [6.45, 7) is -0.322. The van der Waals surface area contributed by atoms with Crippen LogP contribution in [0.3, 0.4) is 0 Å².